The van der Waals surface area contributed by atoms with Crippen molar-refractivity contribution in [3.8, 4) is 17.2 Å². The maximum absolute atomic E-state index is 12.4. The number of hydrogen-bond donors (Lipinski definition) is 3. The van der Waals surface area contributed by atoms with Crippen LogP contribution in [-0.4, -0.2) is 64.5 Å². The number of hydrogen-bond acceptors (Lipinski definition) is 7. The summed E-state index contributed by atoms with van der Waals surface area (Å²) >= 11 is 0. The van der Waals surface area contributed by atoms with Crippen molar-refractivity contribution in [2.75, 3.05) is 41.0 Å². The fraction of sp³-hybridized carbons (Fsp3) is 0.550. The Bertz CT molecular complexity index is 719. The molecule has 0 aliphatic rings. The minimum Gasteiger partial charge on any atom is -0.493 e. The van der Waals surface area contributed by atoms with Crippen LogP contribution in [0.1, 0.15) is 37.6 Å². The summed E-state index contributed by atoms with van der Waals surface area (Å²) in [5.41, 5.74) is -0.272. The molecule has 168 valence electrons. The number of alkyl carbamates (subject to hydrolysis) is 1. The Labute approximate surface area is 176 Å². The highest BCUT2D eigenvalue weighted by molar-refractivity contribution is 5.95. The number of methoxy groups -OCH3 is 3. The predicted octanol–water partition coefficient (Wildman–Crippen LogP) is 1.47. The van der Waals surface area contributed by atoms with E-state index in [4.69, 9.17) is 18.9 Å². The first-order valence-electron chi connectivity index (χ1n) is 9.43. The quantitative estimate of drug-likeness (QED) is 0.485. The highest BCUT2D eigenvalue weighted by Gasteiger charge is 2.17. The van der Waals surface area contributed by atoms with Gasteiger partial charge in [-0.15, -0.1) is 0 Å². The molecule has 0 atom stereocenters. The SMILES string of the molecule is COc1cc(C(=O)NCCCNC(=O)CNC(=O)OC(C)(C)C)cc(OC)c1OC. The van der Waals surface area contributed by atoms with E-state index in [2.05, 4.69) is 16.0 Å². The molecular formula is C20H31N3O7. The summed E-state index contributed by atoms with van der Waals surface area (Å²) in [6.07, 6.45) is -0.149. The number of carbonyl (C=O) groups is 3. The fourth-order valence-electron chi connectivity index (χ4n) is 2.36. The minimum absolute atomic E-state index is 0.188. The van der Waals surface area contributed by atoms with E-state index in [1.165, 1.54) is 21.3 Å². The molecular weight excluding hydrogens is 394 g/mol. The molecule has 0 aromatic heterocycles. The summed E-state index contributed by atoms with van der Waals surface area (Å²) in [5.74, 6) is 0.502. The molecule has 0 bridgehead atoms. The average Bonchev–Trinajstić information content (AvgIpc) is 2.69. The van der Waals surface area contributed by atoms with E-state index in [1.54, 1.807) is 32.9 Å². The van der Waals surface area contributed by atoms with E-state index in [0.717, 1.165) is 0 Å². The van der Waals surface area contributed by atoms with Crippen LogP contribution >= 0.6 is 0 Å². The summed E-state index contributed by atoms with van der Waals surface area (Å²) in [5, 5.41) is 7.78. The van der Waals surface area contributed by atoms with Crippen molar-refractivity contribution in [1.82, 2.24) is 16.0 Å². The topological polar surface area (TPSA) is 124 Å². The molecule has 10 nitrogen and oxygen atoms in total. The molecule has 0 aliphatic carbocycles. The van der Waals surface area contributed by atoms with Gasteiger partial charge in [0.1, 0.15) is 5.60 Å². The maximum atomic E-state index is 12.4. The zero-order chi connectivity index (χ0) is 22.7. The molecule has 0 spiro atoms. The van der Waals surface area contributed by atoms with Crippen molar-refractivity contribution >= 4 is 17.9 Å². The largest absolute Gasteiger partial charge is 0.493 e. The zero-order valence-electron chi connectivity index (χ0n) is 18.3. The molecule has 0 radical (unpaired) electrons. The lowest BCUT2D eigenvalue weighted by atomic mass is 10.1. The fourth-order valence-corrected chi connectivity index (χ4v) is 2.36. The van der Waals surface area contributed by atoms with Crippen molar-refractivity contribution in [3.63, 3.8) is 0 Å². The molecule has 0 aliphatic heterocycles. The second-order valence-corrected chi connectivity index (χ2v) is 7.23. The van der Waals surface area contributed by atoms with Crippen molar-refractivity contribution < 1.29 is 33.3 Å². The van der Waals surface area contributed by atoms with Gasteiger partial charge in [0, 0.05) is 18.7 Å². The second kappa shape index (κ2) is 11.7. The number of benzene rings is 1. The number of amides is 3. The first kappa shape index (κ1) is 24.9. The van der Waals surface area contributed by atoms with Crippen LogP contribution in [-0.2, 0) is 9.53 Å². The van der Waals surface area contributed by atoms with Crippen molar-refractivity contribution in [3.05, 3.63) is 17.7 Å². The van der Waals surface area contributed by atoms with E-state index >= 15 is 0 Å². The van der Waals surface area contributed by atoms with E-state index in [1.807, 2.05) is 0 Å². The van der Waals surface area contributed by atoms with Gasteiger partial charge in [-0.05, 0) is 39.3 Å². The highest BCUT2D eigenvalue weighted by atomic mass is 16.6. The van der Waals surface area contributed by atoms with Crippen LogP contribution in [0.3, 0.4) is 0 Å². The molecule has 1 aromatic rings. The van der Waals surface area contributed by atoms with Crippen LogP contribution in [0.15, 0.2) is 12.1 Å². The summed E-state index contributed by atoms with van der Waals surface area (Å²) in [4.78, 5) is 35.6. The molecule has 0 saturated heterocycles. The van der Waals surface area contributed by atoms with Gasteiger partial charge in [-0.2, -0.15) is 0 Å². The summed E-state index contributed by atoms with van der Waals surface area (Å²) < 4.78 is 20.7. The molecule has 0 unspecified atom stereocenters. The number of rotatable bonds is 10. The first-order valence-corrected chi connectivity index (χ1v) is 9.43. The summed E-state index contributed by atoms with van der Waals surface area (Å²) in [6, 6.07) is 3.11. The number of ether oxygens (including phenoxy) is 4. The predicted molar refractivity (Wildman–Crippen MR) is 110 cm³/mol. The Morgan fingerprint density at radius 3 is 1.93 bits per heavy atom. The third-order valence-corrected chi connectivity index (χ3v) is 3.68. The molecule has 1 aromatic carbocycles. The van der Waals surface area contributed by atoms with E-state index in [0.29, 0.717) is 42.3 Å². The van der Waals surface area contributed by atoms with Gasteiger partial charge in [0.2, 0.25) is 11.7 Å². The standard InChI is InChI=1S/C20H31N3O7/c1-20(2,3)30-19(26)23-12-16(24)21-8-7-9-22-18(25)13-10-14(27-4)17(29-6)15(11-13)28-5/h10-11H,7-9,12H2,1-6H3,(H,21,24)(H,22,25)(H,23,26). The number of nitrogens with one attached hydrogen (secondary N) is 3. The Morgan fingerprint density at radius 1 is 0.867 bits per heavy atom. The molecule has 3 N–H and O–H groups in total. The van der Waals surface area contributed by atoms with Crippen molar-refractivity contribution in [1.29, 1.82) is 0 Å². The van der Waals surface area contributed by atoms with Gasteiger partial charge >= 0.3 is 6.09 Å². The Hall–Kier alpha value is -3.17. The Morgan fingerprint density at radius 2 is 1.43 bits per heavy atom. The molecule has 0 heterocycles. The summed E-state index contributed by atoms with van der Waals surface area (Å²) in [6.45, 7) is 5.70. The summed E-state index contributed by atoms with van der Waals surface area (Å²) in [7, 11) is 4.43. The Balaban J connectivity index is 2.38. The van der Waals surface area contributed by atoms with E-state index < -0.39 is 11.7 Å². The minimum atomic E-state index is -0.657. The van der Waals surface area contributed by atoms with Crippen LogP contribution in [0, 0.1) is 0 Å². The van der Waals surface area contributed by atoms with Crippen LogP contribution in [0.5, 0.6) is 17.2 Å². The third-order valence-electron chi connectivity index (χ3n) is 3.68. The van der Waals surface area contributed by atoms with Gasteiger partial charge < -0.3 is 34.9 Å². The van der Waals surface area contributed by atoms with E-state index in [-0.39, 0.29) is 18.4 Å². The van der Waals surface area contributed by atoms with Gasteiger partial charge in [0.05, 0.1) is 27.9 Å². The lowest BCUT2D eigenvalue weighted by Crippen LogP contribution is -2.40. The second-order valence-electron chi connectivity index (χ2n) is 7.23. The third kappa shape index (κ3) is 8.46. The number of carbonyl (C=O) groups excluding carboxylic acids is 3. The van der Waals surface area contributed by atoms with Crippen LogP contribution < -0.4 is 30.2 Å². The molecule has 30 heavy (non-hydrogen) atoms. The zero-order valence-corrected chi connectivity index (χ0v) is 18.3. The molecule has 0 saturated carbocycles. The maximum Gasteiger partial charge on any atom is 0.408 e. The van der Waals surface area contributed by atoms with Gasteiger partial charge in [0.15, 0.2) is 11.5 Å². The van der Waals surface area contributed by atoms with Crippen LogP contribution in [0.25, 0.3) is 0 Å². The molecule has 0 fully saturated rings. The molecule has 3 amide bonds. The first-order chi connectivity index (χ1) is 14.1. The van der Waals surface area contributed by atoms with Gasteiger partial charge in [-0.25, -0.2) is 4.79 Å². The lowest BCUT2D eigenvalue weighted by Gasteiger charge is -2.19. The van der Waals surface area contributed by atoms with Gasteiger partial charge in [-0.3, -0.25) is 9.59 Å². The monoisotopic (exact) mass is 425 g/mol. The van der Waals surface area contributed by atoms with Crippen molar-refractivity contribution in [2.24, 2.45) is 0 Å². The van der Waals surface area contributed by atoms with Gasteiger partial charge in [0.25, 0.3) is 5.91 Å². The normalized spacial score (nSPS) is 10.6. The lowest BCUT2D eigenvalue weighted by molar-refractivity contribution is -0.120. The average molecular weight is 425 g/mol. The van der Waals surface area contributed by atoms with Crippen LogP contribution in [0.2, 0.25) is 0 Å². The molecule has 1 rings (SSSR count). The van der Waals surface area contributed by atoms with Crippen LogP contribution in [0.4, 0.5) is 4.79 Å². The Kier molecular flexibility index (Phi) is 9.73. The van der Waals surface area contributed by atoms with Crippen molar-refractivity contribution in [2.45, 2.75) is 32.8 Å². The molecule has 10 heteroatoms. The van der Waals surface area contributed by atoms with E-state index in [9.17, 15) is 14.4 Å². The highest BCUT2D eigenvalue weighted by Crippen LogP contribution is 2.38. The van der Waals surface area contributed by atoms with Gasteiger partial charge in [-0.1, -0.05) is 0 Å². The smallest absolute Gasteiger partial charge is 0.408 e.